The lowest BCUT2D eigenvalue weighted by molar-refractivity contribution is 0.232. The minimum absolute atomic E-state index is 0.0797. The van der Waals surface area contributed by atoms with Crippen LogP contribution < -0.4 is 0 Å². The largest absolute Gasteiger partial charge is 0.308 e. The first-order valence-corrected chi connectivity index (χ1v) is 8.98. The van der Waals surface area contributed by atoms with Crippen molar-refractivity contribution in [1.29, 1.82) is 5.26 Å². The van der Waals surface area contributed by atoms with Gasteiger partial charge < -0.3 is 4.90 Å². The molecule has 1 rings (SSSR count). The van der Waals surface area contributed by atoms with Crippen molar-refractivity contribution in [2.45, 2.75) is 56.7 Å². The highest BCUT2D eigenvalue weighted by atomic mass is 32.2. The topological polar surface area (TPSA) is 64.4 Å². The predicted molar refractivity (Wildman–Crippen MR) is 80.7 cm³/mol. The van der Waals surface area contributed by atoms with E-state index in [1.807, 2.05) is 25.1 Å². The Bertz CT molecular complexity index is 422. The van der Waals surface area contributed by atoms with Crippen LogP contribution in [0.3, 0.4) is 0 Å². The molecule has 1 aliphatic rings. The molecule has 0 radical (unpaired) electrons. The van der Waals surface area contributed by atoms with Gasteiger partial charge in [-0.25, -0.2) is 8.42 Å². The molecule has 0 aromatic heterocycles. The molecule has 0 aromatic carbocycles. The van der Waals surface area contributed by atoms with Gasteiger partial charge >= 0.3 is 0 Å². The van der Waals surface area contributed by atoms with E-state index in [1.54, 1.807) is 11.2 Å². The molecule has 5 nitrogen and oxygen atoms in total. The zero-order chi connectivity index (χ0) is 15.2. The molecule has 1 atom stereocenters. The normalized spacial score (nSPS) is 19.2. The van der Waals surface area contributed by atoms with Gasteiger partial charge in [0.15, 0.2) is 5.25 Å². The summed E-state index contributed by atoms with van der Waals surface area (Å²) in [6.45, 7) is 2.94. The third kappa shape index (κ3) is 4.44. The van der Waals surface area contributed by atoms with Crippen LogP contribution in [0.15, 0.2) is 0 Å². The molecule has 0 bridgehead atoms. The SMILES string of the molecule is CC[C@H](C#N)S(=O)(=O)N(CCN(C)C)C1CCCCC1. The molecule has 1 aliphatic carbocycles. The molecule has 6 heteroatoms. The predicted octanol–water partition coefficient (Wildman–Crippen LogP) is 1.81. The lowest BCUT2D eigenvalue weighted by Gasteiger charge is -2.35. The number of hydrogen-bond donors (Lipinski definition) is 0. The Balaban J connectivity index is 2.93. The minimum Gasteiger partial charge on any atom is -0.308 e. The smallest absolute Gasteiger partial charge is 0.230 e. The molecule has 0 spiro atoms. The van der Waals surface area contributed by atoms with E-state index in [0.717, 1.165) is 25.7 Å². The van der Waals surface area contributed by atoms with Gasteiger partial charge in [0.2, 0.25) is 10.0 Å². The Morgan fingerprint density at radius 1 is 1.20 bits per heavy atom. The van der Waals surface area contributed by atoms with E-state index in [1.165, 1.54) is 6.42 Å². The van der Waals surface area contributed by atoms with Crippen molar-refractivity contribution in [2.24, 2.45) is 0 Å². The standard InChI is InChI=1S/C14H27N3O2S/c1-4-14(12-15)20(18,19)17(11-10-16(2)3)13-8-6-5-7-9-13/h13-14H,4-11H2,1-3H3/t14-/m1/s1. The molecular weight excluding hydrogens is 274 g/mol. The molecule has 0 aliphatic heterocycles. The van der Waals surface area contributed by atoms with Gasteiger partial charge in [-0.15, -0.1) is 0 Å². The van der Waals surface area contributed by atoms with Crippen molar-refractivity contribution < 1.29 is 8.42 Å². The van der Waals surface area contributed by atoms with Gasteiger partial charge in [-0.2, -0.15) is 9.57 Å². The third-order valence-electron chi connectivity index (χ3n) is 3.95. The second-order valence-electron chi connectivity index (χ2n) is 5.78. The Morgan fingerprint density at radius 2 is 1.80 bits per heavy atom. The summed E-state index contributed by atoms with van der Waals surface area (Å²) in [7, 11) is 0.362. The van der Waals surface area contributed by atoms with Crippen LogP contribution in [-0.2, 0) is 10.0 Å². The Morgan fingerprint density at radius 3 is 2.25 bits per heavy atom. The number of hydrogen-bond acceptors (Lipinski definition) is 4. The van der Waals surface area contributed by atoms with Crippen molar-refractivity contribution in [2.75, 3.05) is 27.2 Å². The van der Waals surface area contributed by atoms with Crippen LogP contribution in [0.4, 0.5) is 0 Å². The summed E-state index contributed by atoms with van der Waals surface area (Å²) in [4.78, 5) is 1.98. The fourth-order valence-electron chi connectivity index (χ4n) is 2.72. The van der Waals surface area contributed by atoms with Crippen molar-refractivity contribution in [3.8, 4) is 6.07 Å². The van der Waals surface area contributed by atoms with E-state index in [4.69, 9.17) is 5.26 Å². The van der Waals surface area contributed by atoms with Gasteiger partial charge in [0, 0.05) is 19.1 Å². The number of nitrogens with zero attached hydrogens (tertiary/aromatic N) is 3. The number of rotatable bonds is 7. The van der Waals surface area contributed by atoms with Crippen LogP contribution in [0, 0.1) is 11.3 Å². The molecule has 1 saturated carbocycles. The fraction of sp³-hybridized carbons (Fsp3) is 0.929. The second-order valence-corrected chi connectivity index (χ2v) is 7.84. The summed E-state index contributed by atoms with van der Waals surface area (Å²) in [5, 5.41) is 8.21. The van der Waals surface area contributed by atoms with Crippen LogP contribution in [0.2, 0.25) is 0 Å². The summed E-state index contributed by atoms with van der Waals surface area (Å²) < 4.78 is 27.0. The second kappa shape index (κ2) is 7.96. The number of likely N-dealkylation sites (N-methyl/N-ethyl adjacent to an activating group) is 1. The van der Waals surface area contributed by atoms with Crippen molar-refractivity contribution in [3.63, 3.8) is 0 Å². The summed E-state index contributed by atoms with van der Waals surface area (Å²) in [6.07, 6.45) is 5.56. The zero-order valence-corrected chi connectivity index (χ0v) is 13.7. The van der Waals surface area contributed by atoms with Crippen molar-refractivity contribution >= 4 is 10.0 Å². The fourth-order valence-corrected chi connectivity index (χ4v) is 4.56. The van der Waals surface area contributed by atoms with Crippen molar-refractivity contribution in [1.82, 2.24) is 9.21 Å². The van der Waals surface area contributed by atoms with Crippen LogP contribution >= 0.6 is 0 Å². The first kappa shape index (κ1) is 17.4. The van der Waals surface area contributed by atoms with E-state index in [-0.39, 0.29) is 6.04 Å². The van der Waals surface area contributed by atoms with E-state index in [0.29, 0.717) is 19.5 Å². The highest BCUT2D eigenvalue weighted by Crippen LogP contribution is 2.26. The summed E-state index contributed by atoms with van der Waals surface area (Å²) >= 11 is 0. The van der Waals surface area contributed by atoms with E-state index in [2.05, 4.69) is 0 Å². The summed E-state index contributed by atoms with van der Waals surface area (Å²) in [5.41, 5.74) is 0. The Hall–Kier alpha value is -0.640. The molecule has 0 N–H and O–H groups in total. The number of nitriles is 1. The molecule has 0 unspecified atom stereocenters. The highest BCUT2D eigenvalue weighted by Gasteiger charge is 2.36. The number of sulfonamides is 1. The molecule has 1 fully saturated rings. The van der Waals surface area contributed by atoms with Crippen LogP contribution in [0.25, 0.3) is 0 Å². The van der Waals surface area contributed by atoms with Gasteiger partial charge in [0.25, 0.3) is 0 Å². The summed E-state index contributed by atoms with van der Waals surface area (Å²) in [5.74, 6) is 0. The molecule has 116 valence electrons. The molecule has 20 heavy (non-hydrogen) atoms. The van der Waals surface area contributed by atoms with Crippen LogP contribution in [0.5, 0.6) is 0 Å². The maximum Gasteiger partial charge on any atom is 0.230 e. The monoisotopic (exact) mass is 301 g/mol. The van der Waals surface area contributed by atoms with Gasteiger partial charge in [-0.3, -0.25) is 0 Å². The van der Waals surface area contributed by atoms with Gasteiger partial charge in [0.05, 0.1) is 6.07 Å². The Labute approximate surface area is 123 Å². The van der Waals surface area contributed by atoms with Crippen LogP contribution in [-0.4, -0.2) is 56.1 Å². The highest BCUT2D eigenvalue weighted by molar-refractivity contribution is 7.90. The molecule has 0 aromatic rings. The van der Waals surface area contributed by atoms with Gasteiger partial charge in [-0.05, 0) is 33.4 Å². The summed E-state index contributed by atoms with van der Waals surface area (Å²) in [6, 6.07) is 2.04. The lowest BCUT2D eigenvalue weighted by Crippen LogP contribution is -2.48. The maximum atomic E-state index is 12.7. The first-order chi connectivity index (χ1) is 9.43. The average molecular weight is 301 g/mol. The zero-order valence-electron chi connectivity index (χ0n) is 12.9. The minimum atomic E-state index is -3.51. The van der Waals surface area contributed by atoms with Crippen molar-refractivity contribution in [3.05, 3.63) is 0 Å². The van der Waals surface area contributed by atoms with E-state index < -0.39 is 15.3 Å². The van der Waals surface area contributed by atoms with E-state index in [9.17, 15) is 8.42 Å². The molecule has 0 heterocycles. The molecular formula is C14H27N3O2S. The van der Waals surface area contributed by atoms with Gasteiger partial charge in [-0.1, -0.05) is 26.2 Å². The van der Waals surface area contributed by atoms with Crippen LogP contribution in [0.1, 0.15) is 45.4 Å². The first-order valence-electron chi connectivity index (χ1n) is 7.48. The van der Waals surface area contributed by atoms with E-state index >= 15 is 0 Å². The quantitative estimate of drug-likeness (QED) is 0.719. The maximum absolute atomic E-state index is 12.7. The lowest BCUT2D eigenvalue weighted by atomic mass is 9.95. The molecule has 0 saturated heterocycles. The Kier molecular flexibility index (Phi) is 6.93. The average Bonchev–Trinajstić information content (AvgIpc) is 2.40. The van der Waals surface area contributed by atoms with Gasteiger partial charge in [0.1, 0.15) is 0 Å². The third-order valence-corrected chi connectivity index (χ3v) is 6.24. The molecule has 0 amide bonds.